The Morgan fingerprint density at radius 3 is 2.19 bits per heavy atom. The molecule has 2 amide bonds. The van der Waals surface area contributed by atoms with E-state index in [0.29, 0.717) is 36.1 Å². The molecule has 0 N–H and O–H groups in total. The molecule has 2 aromatic carbocycles. The molecule has 32 heavy (non-hydrogen) atoms. The number of carbonyl (C=O) groups excluding carboxylic acids is 2. The van der Waals surface area contributed by atoms with E-state index in [0.717, 1.165) is 29.9 Å². The van der Waals surface area contributed by atoms with Gasteiger partial charge in [-0.15, -0.1) is 0 Å². The van der Waals surface area contributed by atoms with Crippen LogP contribution in [0.5, 0.6) is 11.5 Å². The summed E-state index contributed by atoms with van der Waals surface area (Å²) >= 11 is 0. The first-order valence-corrected chi connectivity index (χ1v) is 10.4. The maximum Gasteiger partial charge on any atom is 0.282 e. The van der Waals surface area contributed by atoms with Gasteiger partial charge in [-0.05, 0) is 48.6 Å². The monoisotopic (exact) mass is 442 g/mol. The van der Waals surface area contributed by atoms with Crippen LogP contribution in [0.4, 0.5) is 14.5 Å². The number of ether oxygens (including phenoxy) is 2. The van der Waals surface area contributed by atoms with E-state index in [1.54, 1.807) is 18.2 Å². The van der Waals surface area contributed by atoms with Crippen LogP contribution in [-0.2, 0) is 9.59 Å². The molecule has 2 aromatic rings. The standard InChI is InChI=1S/C24H24F2N2O4/c1-14-8-10-27(11-9-14)22-21(15-4-7-19(31-2)20(12-15)32-3)23(29)28(24(22)30)16-5-6-17(25)18(26)13-16/h4-7,12-14H,8-11H2,1-3H3. The van der Waals surface area contributed by atoms with Gasteiger partial charge in [0, 0.05) is 19.2 Å². The fraction of sp³-hybridized carbons (Fsp3) is 0.333. The first-order chi connectivity index (χ1) is 15.3. The molecule has 0 aromatic heterocycles. The van der Waals surface area contributed by atoms with Gasteiger partial charge in [0.1, 0.15) is 5.70 Å². The number of piperidine rings is 1. The van der Waals surface area contributed by atoms with E-state index in [-0.39, 0.29) is 17.0 Å². The first-order valence-electron chi connectivity index (χ1n) is 10.4. The number of likely N-dealkylation sites (tertiary alicyclic amines) is 1. The highest BCUT2D eigenvalue weighted by Gasteiger charge is 2.43. The molecule has 2 heterocycles. The molecule has 4 rings (SSSR count). The average molecular weight is 442 g/mol. The summed E-state index contributed by atoms with van der Waals surface area (Å²) in [4.78, 5) is 29.8. The number of hydrogen-bond donors (Lipinski definition) is 0. The van der Waals surface area contributed by atoms with Gasteiger partial charge in [-0.1, -0.05) is 13.0 Å². The molecule has 6 nitrogen and oxygen atoms in total. The minimum atomic E-state index is -1.13. The van der Waals surface area contributed by atoms with Crippen LogP contribution >= 0.6 is 0 Å². The number of imide groups is 1. The average Bonchev–Trinajstić information content (AvgIpc) is 3.05. The molecule has 0 bridgehead atoms. The fourth-order valence-electron chi connectivity index (χ4n) is 4.15. The molecule has 1 fully saturated rings. The summed E-state index contributed by atoms with van der Waals surface area (Å²) in [5.74, 6) is -1.91. The Morgan fingerprint density at radius 2 is 1.56 bits per heavy atom. The van der Waals surface area contributed by atoms with Crippen LogP contribution < -0.4 is 14.4 Å². The molecule has 0 unspecified atom stereocenters. The summed E-state index contributed by atoms with van der Waals surface area (Å²) in [7, 11) is 2.99. The highest BCUT2D eigenvalue weighted by Crippen LogP contribution is 2.39. The molecule has 0 spiro atoms. The molecule has 168 valence electrons. The lowest BCUT2D eigenvalue weighted by atomic mass is 9.97. The van der Waals surface area contributed by atoms with Crippen molar-refractivity contribution in [3.63, 3.8) is 0 Å². The predicted molar refractivity (Wildman–Crippen MR) is 115 cm³/mol. The van der Waals surface area contributed by atoms with Crippen molar-refractivity contribution in [3.05, 3.63) is 59.3 Å². The molecule has 0 atom stereocenters. The third kappa shape index (κ3) is 3.70. The Bertz CT molecular complexity index is 1110. The van der Waals surface area contributed by atoms with Crippen LogP contribution in [-0.4, -0.2) is 44.0 Å². The second-order valence-electron chi connectivity index (χ2n) is 8.01. The van der Waals surface area contributed by atoms with E-state index in [1.807, 2.05) is 4.90 Å². The summed E-state index contributed by atoms with van der Waals surface area (Å²) in [6.07, 6.45) is 1.77. The van der Waals surface area contributed by atoms with Crippen molar-refractivity contribution in [1.29, 1.82) is 0 Å². The molecule has 0 aliphatic carbocycles. The molecular weight excluding hydrogens is 418 g/mol. The first kappa shape index (κ1) is 21.8. The van der Waals surface area contributed by atoms with E-state index in [4.69, 9.17) is 9.47 Å². The van der Waals surface area contributed by atoms with Gasteiger partial charge in [-0.25, -0.2) is 13.7 Å². The van der Waals surface area contributed by atoms with Crippen LogP contribution in [0.3, 0.4) is 0 Å². The molecule has 1 saturated heterocycles. The van der Waals surface area contributed by atoms with Crippen molar-refractivity contribution < 1.29 is 27.8 Å². The van der Waals surface area contributed by atoms with Crippen molar-refractivity contribution in [2.24, 2.45) is 5.92 Å². The van der Waals surface area contributed by atoms with Crippen molar-refractivity contribution in [3.8, 4) is 11.5 Å². The Balaban J connectivity index is 1.84. The Labute approximate surface area is 185 Å². The lowest BCUT2D eigenvalue weighted by Gasteiger charge is -2.32. The van der Waals surface area contributed by atoms with E-state index in [2.05, 4.69) is 6.92 Å². The SMILES string of the molecule is COc1ccc(C2=C(N3CCC(C)CC3)C(=O)N(c3ccc(F)c(F)c3)C2=O)cc1OC. The highest BCUT2D eigenvalue weighted by molar-refractivity contribution is 6.45. The molecule has 0 radical (unpaired) electrons. The zero-order chi connectivity index (χ0) is 23.0. The van der Waals surface area contributed by atoms with Gasteiger partial charge >= 0.3 is 0 Å². The van der Waals surface area contributed by atoms with Gasteiger partial charge < -0.3 is 14.4 Å². The summed E-state index contributed by atoms with van der Waals surface area (Å²) < 4.78 is 38.0. The van der Waals surface area contributed by atoms with Gasteiger partial charge in [0.15, 0.2) is 23.1 Å². The fourth-order valence-corrected chi connectivity index (χ4v) is 4.15. The van der Waals surface area contributed by atoms with Gasteiger partial charge in [-0.3, -0.25) is 9.59 Å². The van der Waals surface area contributed by atoms with Gasteiger partial charge in [0.05, 0.1) is 25.5 Å². The molecule has 8 heteroatoms. The van der Waals surface area contributed by atoms with Crippen LogP contribution in [0.25, 0.3) is 5.57 Å². The largest absolute Gasteiger partial charge is 0.493 e. The third-order valence-corrected chi connectivity index (χ3v) is 5.99. The second kappa shape index (κ2) is 8.61. The summed E-state index contributed by atoms with van der Waals surface area (Å²) in [5, 5.41) is 0. The number of halogens is 2. The molecule has 2 aliphatic rings. The van der Waals surface area contributed by atoms with Gasteiger partial charge in [0.2, 0.25) is 0 Å². The summed E-state index contributed by atoms with van der Waals surface area (Å²) in [6.45, 7) is 3.39. The Morgan fingerprint density at radius 1 is 0.875 bits per heavy atom. The number of methoxy groups -OCH3 is 2. The topological polar surface area (TPSA) is 59.1 Å². The predicted octanol–water partition coefficient (Wildman–Crippen LogP) is 4.00. The normalized spacial score (nSPS) is 17.4. The quantitative estimate of drug-likeness (QED) is 0.656. The molecular formula is C24H24F2N2O4. The number of carbonyl (C=O) groups is 2. The number of hydrogen-bond acceptors (Lipinski definition) is 5. The zero-order valence-electron chi connectivity index (χ0n) is 18.2. The number of amides is 2. The number of anilines is 1. The smallest absolute Gasteiger partial charge is 0.282 e. The van der Waals surface area contributed by atoms with Crippen molar-refractivity contribution in [1.82, 2.24) is 4.90 Å². The lowest BCUT2D eigenvalue weighted by molar-refractivity contribution is -0.120. The minimum Gasteiger partial charge on any atom is -0.493 e. The molecule has 2 aliphatic heterocycles. The van der Waals surface area contributed by atoms with E-state index in [9.17, 15) is 18.4 Å². The Hall–Kier alpha value is -3.42. The van der Waals surface area contributed by atoms with E-state index >= 15 is 0 Å². The lowest BCUT2D eigenvalue weighted by Crippen LogP contribution is -2.38. The maximum absolute atomic E-state index is 13.9. The van der Waals surface area contributed by atoms with Gasteiger partial charge in [0.25, 0.3) is 11.8 Å². The molecule has 0 saturated carbocycles. The highest BCUT2D eigenvalue weighted by atomic mass is 19.2. The summed E-state index contributed by atoms with van der Waals surface area (Å²) in [5.41, 5.74) is 0.936. The Kier molecular flexibility index (Phi) is 5.86. The second-order valence-corrected chi connectivity index (χ2v) is 8.01. The number of benzene rings is 2. The summed E-state index contributed by atoms with van der Waals surface area (Å²) in [6, 6.07) is 7.97. The van der Waals surface area contributed by atoms with E-state index < -0.39 is 23.4 Å². The van der Waals surface area contributed by atoms with E-state index in [1.165, 1.54) is 20.3 Å². The third-order valence-electron chi connectivity index (χ3n) is 5.99. The maximum atomic E-state index is 13.9. The minimum absolute atomic E-state index is 0.0164. The zero-order valence-corrected chi connectivity index (χ0v) is 18.2. The van der Waals surface area contributed by atoms with Crippen molar-refractivity contribution >= 4 is 23.1 Å². The number of nitrogens with zero attached hydrogens (tertiary/aromatic N) is 2. The van der Waals surface area contributed by atoms with Crippen molar-refractivity contribution in [2.75, 3.05) is 32.2 Å². The van der Waals surface area contributed by atoms with Crippen LogP contribution in [0.1, 0.15) is 25.3 Å². The van der Waals surface area contributed by atoms with Crippen LogP contribution in [0.2, 0.25) is 0 Å². The van der Waals surface area contributed by atoms with Crippen LogP contribution in [0.15, 0.2) is 42.1 Å². The van der Waals surface area contributed by atoms with Crippen LogP contribution in [0, 0.1) is 17.6 Å². The van der Waals surface area contributed by atoms with Crippen molar-refractivity contribution in [2.45, 2.75) is 19.8 Å². The number of rotatable bonds is 5. The van der Waals surface area contributed by atoms with Gasteiger partial charge in [-0.2, -0.15) is 0 Å².